The van der Waals surface area contributed by atoms with Crippen LogP contribution in [0.2, 0.25) is 0 Å². The maximum absolute atomic E-state index is 14.5. The highest BCUT2D eigenvalue weighted by atomic mass is 19.1. The number of oxazole rings is 1. The summed E-state index contributed by atoms with van der Waals surface area (Å²) in [5, 5.41) is 19.1. The number of hydrogen-bond donors (Lipinski definition) is 1. The summed E-state index contributed by atoms with van der Waals surface area (Å²) in [5.41, 5.74) is 1.25. The second kappa shape index (κ2) is 7.46. The van der Waals surface area contributed by atoms with Gasteiger partial charge in [0, 0.05) is 6.20 Å². The van der Waals surface area contributed by atoms with Crippen molar-refractivity contribution in [1.29, 1.82) is 0 Å². The van der Waals surface area contributed by atoms with Crippen LogP contribution in [0, 0.1) is 17.0 Å². The standard InChI is InChI=1S/C27H25F2N5O2/c1-25(2)15-8-9-27(25,20-12-30-11-19(31-20)24-32-21(13-36-24)26(3,4)35)23-14(15)10-18(33-34-23)22-16(28)6-5-7-17(22)29/h5-7,10-13,15,35H,8-9H2,1-4H3/t15-,27-/m0/s1. The molecule has 0 spiro atoms. The van der Waals surface area contributed by atoms with Gasteiger partial charge in [0.1, 0.15) is 34.9 Å². The van der Waals surface area contributed by atoms with Crippen LogP contribution in [0.15, 0.2) is 47.3 Å². The van der Waals surface area contributed by atoms with Gasteiger partial charge in [0.15, 0.2) is 0 Å². The summed E-state index contributed by atoms with van der Waals surface area (Å²) >= 11 is 0. The Morgan fingerprint density at radius 2 is 1.81 bits per heavy atom. The third-order valence-corrected chi connectivity index (χ3v) is 8.02. The van der Waals surface area contributed by atoms with Gasteiger partial charge in [-0.1, -0.05) is 19.9 Å². The number of nitrogens with zero attached hydrogens (tertiary/aromatic N) is 5. The lowest BCUT2D eigenvalue weighted by Gasteiger charge is -2.37. The quantitative estimate of drug-likeness (QED) is 0.416. The van der Waals surface area contributed by atoms with Crippen LogP contribution in [0.1, 0.15) is 69.1 Å². The maximum atomic E-state index is 14.5. The van der Waals surface area contributed by atoms with Gasteiger partial charge in [0.05, 0.1) is 34.3 Å². The molecule has 0 saturated heterocycles. The zero-order valence-electron chi connectivity index (χ0n) is 20.4. The molecule has 0 aliphatic heterocycles. The molecule has 1 aromatic carbocycles. The van der Waals surface area contributed by atoms with Crippen molar-refractivity contribution < 1.29 is 18.3 Å². The first-order valence-corrected chi connectivity index (χ1v) is 11.9. The van der Waals surface area contributed by atoms with Crippen LogP contribution in [-0.4, -0.2) is 30.3 Å². The fourth-order valence-corrected chi connectivity index (χ4v) is 6.10. The minimum Gasteiger partial charge on any atom is -0.443 e. The average Bonchev–Trinajstić information content (AvgIpc) is 3.48. The molecule has 2 aliphatic rings. The summed E-state index contributed by atoms with van der Waals surface area (Å²) in [7, 11) is 0. The molecule has 6 rings (SSSR count). The van der Waals surface area contributed by atoms with Gasteiger partial charge in [0.25, 0.3) is 0 Å². The van der Waals surface area contributed by atoms with Crippen LogP contribution >= 0.6 is 0 Å². The van der Waals surface area contributed by atoms with Gasteiger partial charge in [-0.3, -0.25) is 4.98 Å². The number of halogens is 2. The van der Waals surface area contributed by atoms with E-state index in [4.69, 9.17) is 9.40 Å². The zero-order valence-corrected chi connectivity index (χ0v) is 20.4. The molecule has 3 heterocycles. The lowest BCUT2D eigenvalue weighted by molar-refractivity contribution is 0.0738. The molecule has 36 heavy (non-hydrogen) atoms. The smallest absolute Gasteiger partial charge is 0.247 e. The highest BCUT2D eigenvalue weighted by molar-refractivity contribution is 5.64. The fourth-order valence-electron chi connectivity index (χ4n) is 6.10. The molecule has 4 aromatic rings. The number of fused-ring (bicyclic) bond motifs is 5. The van der Waals surface area contributed by atoms with Crippen LogP contribution in [0.25, 0.3) is 22.8 Å². The molecule has 1 saturated carbocycles. The van der Waals surface area contributed by atoms with Crippen LogP contribution in [0.3, 0.4) is 0 Å². The minimum absolute atomic E-state index is 0.116. The van der Waals surface area contributed by atoms with E-state index in [1.807, 2.05) is 0 Å². The molecule has 2 aliphatic carbocycles. The Hall–Kier alpha value is -3.59. The van der Waals surface area contributed by atoms with Crippen molar-refractivity contribution in [3.63, 3.8) is 0 Å². The third kappa shape index (κ3) is 3.01. The lowest BCUT2D eigenvalue weighted by atomic mass is 9.66. The Labute approximate surface area is 206 Å². The molecule has 0 unspecified atom stereocenters. The van der Waals surface area contributed by atoms with Gasteiger partial charge in [-0.2, -0.15) is 5.10 Å². The highest BCUT2D eigenvalue weighted by Gasteiger charge is 2.65. The van der Waals surface area contributed by atoms with E-state index in [9.17, 15) is 13.9 Å². The molecule has 9 heteroatoms. The number of hydrogen-bond acceptors (Lipinski definition) is 7. The van der Waals surface area contributed by atoms with Crippen LogP contribution in [-0.2, 0) is 11.0 Å². The second-order valence-corrected chi connectivity index (χ2v) is 10.7. The Bertz CT molecular complexity index is 1490. The first-order valence-electron chi connectivity index (χ1n) is 11.9. The Balaban J connectivity index is 1.48. The first kappa shape index (κ1) is 22.8. The largest absolute Gasteiger partial charge is 0.443 e. The summed E-state index contributed by atoms with van der Waals surface area (Å²) in [6, 6.07) is 5.55. The molecule has 0 radical (unpaired) electrons. The monoisotopic (exact) mass is 489 g/mol. The molecular weight excluding hydrogens is 464 g/mol. The van der Waals surface area contributed by atoms with E-state index in [-0.39, 0.29) is 28.5 Å². The van der Waals surface area contributed by atoms with Crippen molar-refractivity contribution in [3.8, 4) is 22.8 Å². The van der Waals surface area contributed by atoms with Gasteiger partial charge in [0.2, 0.25) is 5.89 Å². The normalized spacial score (nSPS) is 22.1. The van der Waals surface area contributed by atoms with E-state index >= 15 is 0 Å². The predicted molar refractivity (Wildman–Crippen MR) is 127 cm³/mol. The Kier molecular flexibility index (Phi) is 4.73. The van der Waals surface area contributed by atoms with Crippen molar-refractivity contribution in [1.82, 2.24) is 25.1 Å². The predicted octanol–water partition coefficient (Wildman–Crippen LogP) is 5.30. The summed E-state index contributed by atoms with van der Waals surface area (Å²) in [6.07, 6.45) is 6.38. The molecule has 2 atom stereocenters. The number of rotatable bonds is 4. The molecular formula is C27H25F2N5O2. The Morgan fingerprint density at radius 3 is 2.50 bits per heavy atom. The number of aliphatic hydroxyl groups is 1. The molecule has 2 bridgehead atoms. The molecule has 184 valence electrons. The van der Waals surface area contributed by atoms with E-state index in [1.165, 1.54) is 24.5 Å². The van der Waals surface area contributed by atoms with E-state index in [0.29, 0.717) is 17.1 Å². The first-order chi connectivity index (χ1) is 17.0. The van der Waals surface area contributed by atoms with Crippen molar-refractivity contribution in [2.75, 3.05) is 0 Å². The summed E-state index contributed by atoms with van der Waals surface area (Å²) in [5.74, 6) is -0.960. The van der Waals surface area contributed by atoms with E-state index < -0.39 is 22.7 Å². The van der Waals surface area contributed by atoms with Crippen LogP contribution in [0.4, 0.5) is 8.78 Å². The number of benzene rings is 1. The zero-order chi connectivity index (χ0) is 25.5. The summed E-state index contributed by atoms with van der Waals surface area (Å²) in [6.45, 7) is 7.60. The van der Waals surface area contributed by atoms with Gasteiger partial charge in [-0.25, -0.2) is 18.7 Å². The molecule has 7 nitrogen and oxygen atoms in total. The maximum Gasteiger partial charge on any atom is 0.247 e. The third-order valence-electron chi connectivity index (χ3n) is 8.02. The van der Waals surface area contributed by atoms with Crippen LogP contribution in [0.5, 0.6) is 0 Å². The van der Waals surface area contributed by atoms with Crippen molar-refractivity contribution in [3.05, 3.63) is 77.2 Å². The lowest BCUT2D eigenvalue weighted by Crippen LogP contribution is -2.38. The fraction of sp³-hybridized carbons (Fsp3) is 0.370. The molecule has 1 fully saturated rings. The van der Waals surface area contributed by atoms with Gasteiger partial charge < -0.3 is 9.52 Å². The minimum atomic E-state index is -1.15. The Morgan fingerprint density at radius 1 is 1.06 bits per heavy atom. The van der Waals surface area contributed by atoms with Crippen molar-refractivity contribution in [2.45, 2.75) is 57.5 Å². The van der Waals surface area contributed by atoms with Gasteiger partial charge in [-0.05, 0) is 61.8 Å². The van der Waals surface area contributed by atoms with Crippen molar-refractivity contribution >= 4 is 0 Å². The van der Waals surface area contributed by atoms with E-state index in [2.05, 4.69) is 34.0 Å². The molecule has 3 aromatic heterocycles. The number of aromatic nitrogens is 5. The van der Waals surface area contributed by atoms with Crippen LogP contribution < -0.4 is 0 Å². The van der Waals surface area contributed by atoms with Gasteiger partial charge in [-0.15, -0.1) is 5.10 Å². The summed E-state index contributed by atoms with van der Waals surface area (Å²) in [4.78, 5) is 13.8. The topological polar surface area (TPSA) is 97.8 Å². The average molecular weight is 490 g/mol. The summed E-state index contributed by atoms with van der Waals surface area (Å²) < 4.78 is 34.6. The van der Waals surface area contributed by atoms with Crippen molar-refractivity contribution in [2.24, 2.45) is 5.41 Å². The molecule has 0 amide bonds. The van der Waals surface area contributed by atoms with E-state index in [1.54, 1.807) is 32.3 Å². The van der Waals surface area contributed by atoms with Gasteiger partial charge >= 0.3 is 0 Å². The molecule has 1 N–H and O–H groups in total. The SMILES string of the molecule is CC(C)(O)c1coc(-c2cncc([C@@]34CC[C@@H](c5cc(-c6c(F)cccc6F)nnc53)C4(C)C)n2)n1. The highest BCUT2D eigenvalue weighted by Crippen LogP contribution is 2.69. The van der Waals surface area contributed by atoms with E-state index in [0.717, 1.165) is 24.1 Å². The second-order valence-electron chi connectivity index (χ2n) is 10.7.